The molecule has 0 spiro atoms. The number of aromatic nitrogens is 1. The van der Waals surface area contributed by atoms with Crippen molar-refractivity contribution in [2.45, 2.75) is 13.0 Å². The maximum atomic E-state index is 5.41. The van der Waals surface area contributed by atoms with Gasteiger partial charge >= 0.3 is 0 Å². The topological polar surface area (TPSA) is 25.4 Å². The highest BCUT2D eigenvalue weighted by Crippen LogP contribution is 2.35. The van der Waals surface area contributed by atoms with Crippen LogP contribution in [0.4, 0.5) is 5.13 Å². The summed E-state index contributed by atoms with van der Waals surface area (Å²) in [6.45, 7) is 1.97. The molecule has 2 aromatic carbocycles. The summed E-state index contributed by atoms with van der Waals surface area (Å²) >= 11 is 1.74. The molecular formula is C17H16N2OS. The molecule has 4 rings (SSSR count). The molecular weight excluding hydrogens is 280 g/mol. The average molecular weight is 296 g/mol. The van der Waals surface area contributed by atoms with E-state index in [1.165, 1.54) is 15.8 Å². The first kappa shape index (κ1) is 12.7. The predicted molar refractivity (Wildman–Crippen MR) is 87.4 cm³/mol. The zero-order valence-electron chi connectivity index (χ0n) is 11.9. The van der Waals surface area contributed by atoms with Crippen molar-refractivity contribution in [1.29, 1.82) is 0 Å². The molecule has 4 heteroatoms. The highest BCUT2D eigenvalue weighted by atomic mass is 32.1. The summed E-state index contributed by atoms with van der Waals surface area (Å²) in [4.78, 5) is 7.17. The fraction of sp³-hybridized carbons (Fsp3) is 0.235. The number of nitrogens with zero attached hydrogens (tertiary/aromatic N) is 2. The van der Waals surface area contributed by atoms with Crippen LogP contribution >= 0.6 is 11.3 Å². The SMILES string of the molecule is COc1cccc2sc(N3CCc4ccccc4C3)nc12. The van der Waals surface area contributed by atoms with E-state index >= 15 is 0 Å². The number of fused-ring (bicyclic) bond motifs is 2. The average Bonchev–Trinajstić information content (AvgIpc) is 2.98. The lowest BCUT2D eigenvalue weighted by molar-refractivity contribution is 0.419. The number of hydrogen-bond acceptors (Lipinski definition) is 4. The van der Waals surface area contributed by atoms with Crippen LogP contribution in [0.25, 0.3) is 10.2 Å². The second kappa shape index (κ2) is 5.04. The van der Waals surface area contributed by atoms with E-state index in [9.17, 15) is 0 Å². The second-order valence-corrected chi connectivity index (χ2v) is 6.25. The Balaban J connectivity index is 1.72. The number of benzene rings is 2. The molecule has 3 aromatic rings. The third-order valence-corrected chi connectivity index (χ3v) is 5.07. The van der Waals surface area contributed by atoms with Gasteiger partial charge in [0, 0.05) is 13.1 Å². The van der Waals surface area contributed by atoms with Crippen molar-refractivity contribution in [2.24, 2.45) is 0 Å². The molecule has 3 nitrogen and oxygen atoms in total. The summed E-state index contributed by atoms with van der Waals surface area (Å²) < 4.78 is 6.59. The summed E-state index contributed by atoms with van der Waals surface area (Å²) in [5, 5.41) is 1.09. The van der Waals surface area contributed by atoms with E-state index in [1.807, 2.05) is 12.1 Å². The minimum Gasteiger partial charge on any atom is -0.494 e. The number of hydrogen-bond donors (Lipinski definition) is 0. The van der Waals surface area contributed by atoms with Crippen LogP contribution < -0.4 is 9.64 Å². The molecule has 1 aromatic heterocycles. The van der Waals surface area contributed by atoms with Crippen LogP contribution in [0.2, 0.25) is 0 Å². The third kappa shape index (κ3) is 2.16. The molecule has 0 amide bonds. The van der Waals surface area contributed by atoms with Crippen molar-refractivity contribution in [1.82, 2.24) is 4.98 Å². The summed E-state index contributed by atoms with van der Waals surface area (Å²) in [6.07, 6.45) is 1.09. The Hall–Kier alpha value is -2.07. The lowest BCUT2D eigenvalue weighted by atomic mass is 10.0. The Morgan fingerprint density at radius 2 is 1.95 bits per heavy atom. The van der Waals surface area contributed by atoms with Gasteiger partial charge in [-0.2, -0.15) is 0 Å². The maximum Gasteiger partial charge on any atom is 0.186 e. The fourth-order valence-electron chi connectivity index (χ4n) is 2.87. The standard InChI is InChI=1S/C17H16N2OS/c1-20-14-7-4-8-15-16(14)18-17(21-15)19-10-9-12-5-2-3-6-13(12)11-19/h2-8H,9-11H2,1H3. The Labute approximate surface area is 127 Å². The number of para-hydroxylation sites is 1. The van der Waals surface area contributed by atoms with Crippen LogP contribution in [0.3, 0.4) is 0 Å². The molecule has 106 valence electrons. The van der Waals surface area contributed by atoms with Crippen LogP contribution in [0, 0.1) is 0 Å². The van der Waals surface area contributed by atoms with Crippen LogP contribution in [-0.4, -0.2) is 18.6 Å². The van der Waals surface area contributed by atoms with Gasteiger partial charge in [-0.1, -0.05) is 41.7 Å². The molecule has 0 atom stereocenters. The summed E-state index contributed by atoms with van der Waals surface area (Å²) in [7, 11) is 1.70. The summed E-state index contributed by atoms with van der Waals surface area (Å²) in [5.74, 6) is 0.854. The molecule has 0 radical (unpaired) electrons. The smallest absolute Gasteiger partial charge is 0.186 e. The molecule has 0 unspecified atom stereocenters. The zero-order chi connectivity index (χ0) is 14.2. The van der Waals surface area contributed by atoms with Gasteiger partial charge in [-0.05, 0) is 29.7 Å². The van der Waals surface area contributed by atoms with Gasteiger partial charge in [-0.15, -0.1) is 0 Å². The summed E-state index contributed by atoms with van der Waals surface area (Å²) in [5.41, 5.74) is 3.85. The minimum absolute atomic E-state index is 0.854. The molecule has 0 fully saturated rings. The highest BCUT2D eigenvalue weighted by Gasteiger charge is 2.19. The van der Waals surface area contributed by atoms with Crippen LogP contribution in [0.1, 0.15) is 11.1 Å². The molecule has 0 bridgehead atoms. The number of ether oxygens (including phenoxy) is 1. The monoisotopic (exact) mass is 296 g/mol. The fourth-order valence-corrected chi connectivity index (χ4v) is 3.88. The molecule has 21 heavy (non-hydrogen) atoms. The van der Waals surface area contributed by atoms with E-state index in [2.05, 4.69) is 35.2 Å². The molecule has 2 heterocycles. The lowest BCUT2D eigenvalue weighted by Gasteiger charge is -2.28. The van der Waals surface area contributed by atoms with Gasteiger partial charge in [0.1, 0.15) is 11.3 Å². The van der Waals surface area contributed by atoms with E-state index in [-0.39, 0.29) is 0 Å². The number of thiazole rings is 1. The van der Waals surface area contributed by atoms with E-state index in [0.29, 0.717) is 0 Å². The Morgan fingerprint density at radius 1 is 1.10 bits per heavy atom. The van der Waals surface area contributed by atoms with Gasteiger partial charge in [0.05, 0.1) is 11.8 Å². The van der Waals surface area contributed by atoms with Crippen molar-refractivity contribution >= 4 is 26.7 Å². The van der Waals surface area contributed by atoms with Crippen molar-refractivity contribution in [2.75, 3.05) is 18.6 Å². The largest absolute Gasteiger partial charge is 0.494 e. The zero-order valence-corrected chi connectivity index (χ0v) is 12.7. The molecule has 0 aliphatic carbocycles. The van der Waals surface area contributed by atoms with Crippen molar-refractivity contribution in [3.8, 4) is 5.75 Å². The Morgan fingerprint density at radius 3 is 2.81 bits per heavy atom. The van der Waals surface area contributed by atoms with Crippen molar-refractivity contribution < 1.29 is 4.74 Å². The first-order chi connectivity index (χ1) is 10.3. The number of rotatable bonds is 2. The third-order valence-electron chi connectivity index (χ3n) is 3.99. The quantitative estimate of drug-likeness (QED) is 0.718. The first-order valence-corrected chi connectivity index (χ1v) is 7.92. The Kier molecular flexibility index (Phi) is 3.04. The molecule has 1 aliphatic rings. The highest BCUT2D eigenvalue weighted by molar-refractivity contribution is 7.22. The lowest BCUT2D eigenvalue weighted by Crippen LogP contribution is -2.30. The van der Waals surface area contributed by atoms with Crippen LogP contribution in [-0.2, 0) is 13.0 Å². The molecule has 0 saturated carbocycles. The van der Waals surface area contributed by atoms with Gasteiger partial charge in [-0.3, -0.25) is 0 Å². The van der Waals surface area contributed by atoms with E-state index in [0.717, 1.165) is 35.9 Å². The number of methoxy groups -OCH3 is 1. The van der Waals surface area contributed by atoms with E-state index in [1.54, 1.807) is 18.4 Å². The second-order valence-electron chi connectivity index (χ2n) is 5.24. The first-order valence-electron chi connectivity index (χ1n) is 7.10. The van der Waals surface area contributed by atoms with Gasteiger partial charge in [0.15, 0.2) is 5.13 Å². The van der Waals surface area contributed by atoms with E-state index in [4.69, 9.17) is 9.72 Å². The van der Waals surface area contributed by atoms with E-state index < -0.39 is 0 Å². The normalized spacial score (nSPS) is 14.2. The molecule has 0 N–H and O–H groups in total. The van der Waals surface area contributed by atoms with Gasteiger partial charge in [0.25, 0.3) is 0 Å². The van der Waals surface area contributed by atoms with Crippen molar-refractivity contribution in [3.05, 3.63) is 53.6 Å². The number of anilines is 1. The minimum atomic E-state index is 0.854. The summed E-state index contributed by atoms with van der Waals surface area (Å²) in [6, 6.07) is 14.8. The molecule has 1 aliphatic heterocycles. The van der Waals surface area contributed by atoms with Gasteiger partial charge in [-0.25, -0.2) is 4.98 Å². The van der Waals surface area contributed by atoms with Crippen LogP contribution in [0.15, 0.2) is 42.5 Å². The maximum absolute atomic E-state index is 5.41. The van der Waals surface area contributed by atoms with Gasteiger partial charge in [0.2, 0.25) is 0 Å². The Bertz CT molecular complexity index is 796. The van der Waals surface area contributed by atoms with Crippen LogP contribution in [0.5, 0.6) is 5.75 Å². The molecule has 0 saturated heterocycles. The predicted octanol–water partition coefficient (Wildman–Crippen LogP) is 3.87. The van der Waals surface area contributed by atoms with Gasteiger partial charge < -0.3 is 9.64 Å². The van der Waals surface area contributed by atoms with Crippen molar-refractivity contribution in [3.63, 3.8) is 0 Å².